The standard InChI is InChI=1S/C12H18N2O3S/c1-4-13-12(15)9-14(3)18(16,17)11-8-6-5-7-10(11)2/h5-8H,4,9H2,1-3H3,(H,13,15). The minimum absolute atomic E-state index is 0.176. The van der Waals surface area contributed by atoms with Gasteiger partial charge in [0.15, 0.2) is 0 Å². The van der Waals surface area contributed by atoms with Crippen LogP contribution in [0.1, 0.15) is 12.5 Å². The van der Waals surface area contributed by atoms with Gasteiger partial charge in [-0.15, -0.1) is 0 Å². The smallest absolute Gasteiger partial charge is 0.243 e. The molecule has 0 spiro atoms. The van der Waals surface area contributed by atoms with Crippen molar-refractivity contribution in [2.45, 2.75) is 18.7 Å². The number of benzene rings is 1. The first-order chi connectivity index (χ1) is 8.39. The predicted molar refractivity (Wildman–Crippen MR) is 69.7 cm³/mol. The van der Waals surface area contributed by atoms with Gasteiger partial charge in [0.05, 0.1) is 11.4 Å². The molecule has 18 heavy (non-hydrogen) atoms. The van der Waals surface area contributed by atoms with Crippen molar-refractivity contribution in [3.63, 3.8) is 0 Å². The summed E-state index contributed by atoms with van der Waals surface area (Å²) in [5.41, 5.74) is 0.667. The van der Waals surface area contributed by atoms with Crippen LogP contribution in [-0.2, 0) is 14.8 Å². The molecule has 0 aliphatic rings. The van der Waals surface area contributed by atoms with E-state index in [1.165, 1.54) is 7.05 Å². The maximum atomic E-state index is 12.2. The van der Waals surface area contributed by atoms with E-state index in [0.717, 1.165) is 4.31 Å². The number of rotatable bonds is 5. The fourth-order valence-corrected chi connectivity index (χ4v) is 2.90. The summed E-state index contributed by atoms with van der Waals surface area (Å²) in [6, 6.07) is 6.71. The summed E-state index contributed by atoms with van der Waals surface area (Å²) in [7, 11) is -2.21. The SMILES string of the molecule is CCNC(=O)CN(C)S(=O)(=O)c1ccccc1C. The van der Waals surface area contributed by atoms with E-state index in [4.69, 9.17) is 0 Å². The van der Waals surface area contributed by atoms with Crippen molar-refractivity contribution >= 4 is 15.9 Å². The first-order valence-corrected chi connectivity index (χ1v) is 7.12. The second kappa shape index (κ2) is 5.97. The second-order valence-corrected chi connectivity index (χ2v) is 5.99. The molecule has 0 saturated heterocycles. The number of likely N-dealkylation sites (N-methyl/N-ethyl adjacent to an activating group) is 2. The summed E-state index contributed by atoms with van der Waals surface area (Å²) in [5, 5.41) is 2.57. The lowest BCUT2D eigenvalue weighted by Crippen LogP contribution is -2.38. The summed E-state index contributed by atoms with van der Waals surface area (Å²) in [5.74, 6) is -0.308. The molecular formula is C12H18N2O3S. The molecule has 1 aromatic rings. The number of nitrogens with zero attached hydrogens (tertiary/aromatic N) is 1. The zero-order valence-electron chi connectivity index (χ0n) is 10.8. The van der Waals surface area contributed by atoms with Crippen molar-refractivity contribution in [1.29, 1.82) is 0 Å². The lowest BCUT2D eigenvalue weighted by atomic mass is 10.2. The Kier molecular flexibility index (Phi) is 4.86. The van der Waals surface area contributed by atoms with E-state index in [-0.39, 0.29) is 17.3 Å². The fraction of sp³-hybridized carbons (Fsp3) is 0.417. The van der Waals surface area contributed by atoms with Crippen LogP contribution in [0, 0.1) is 6.92 Å². The van der Waals surface area contributed by atoms with Crippen LogP contribution in [0.4, 0.5) is 0 Å². The Balaban J connectivity index is 2.94. The largest absolute Gasteiger partial charge is 0.355 e. The van der Waals surface area contributed by atoms with Gasteiger partial charge in [0.25, 0.3) is 0 Å². The molecule has 0 aliphatic heterocycles. The van der Waals surface area contributed by atoms with E-state index in [2.05, 4.69) is 5.32 Å². The number of hydrogen-bond donors (Lipinski definition) is 1. The summed E-state index contributed by atoms with van der Waals surface area (Å²) in [4.78, 5) is 11.6. The van der Waals surface area contributed by atoms with Crippen LogP contribution >= 0.6 is 0 Å². The minimum atomic E-state index is -3.61. The average Bonchev–Trinajstić information content (AvgIpc) is 2.29. The normalized spacial score (nSPS) is 11.6. The molecule has 100 valence electrons. The van der Waals surface area contributed by atoms with Crippen molar-refractivity contribution in [3.8, 4) is 0 Å². The highest BCUT2D eigenvalue weighted by Crippen LogP contribution is 2.17. The van der Waals surface area contributed by atoms with Crippen molar-refractivity contribution in [1.82, 2.24) is 9.62 Å². The summed E-state index contributed by atoms with van der Waals surface area (Å²) >= 11 is 0. The van der Waals surface area contributed by atoms with Gasteiger partial charge in [-0.1, -0.05) is 18.2 Å². The predicted octanol–water partition coefficient (Wildman–Crippen LogP) is 0.752. The number of carbonyl (C=O) groups excluding carboxylic acids is 1. The number of aryl methyl sites for hydroxylation is 1. The van der Waals surface area contributed by atoms with Crippen LogP contribution in [0.15, 0.2) is 29.2 Å². The fourth-order valence-electron chi connectivity index (χ4n) is 1.55. The third-order valence-corrected chi connectivity index (χ3v) is 4.49. The highest BCUT2D eigenvalue weighted by Gasteiger charge is 2.23. The summed E-state index contributed by atoms with van der Waals surface area (Å²) < 4.78 is 25.5. The zero-order chi connectivity index (χ0) is 13.8. The Morgan fingerprint density at radius 1 is 1.33 bits per heavy atom. The second-order valence-electron chi connectivity index (χ2n) is 3.98. The highest BCUT2D eigenvalue weighted by atomic mass is 32.2. The molecule has 0 radical (unpaired) electrons. The van der Waals surface area contributed by atoms with E-state index >= 15 is 0 Å². The molecule has 1 rings (SSSR count). The van der Waals surface area contributed by atoms with Crippen molar-refractivity contribution in [2.24, 2.45) is 0 Å². The van der Waals surface area contributed by atoms with Gasteiger partial charge < -0.3 is 5.32 Å². The van der Waals surface area contributed by atoms with E-state index in [0.29, 0.717) is 12.1 Å². The Morgan fingerprint density at radius 3 is 2.50 bits per heavy atom. The maximum absolute atomic E-state index is 12.2. The van der Waals surface area contributed by atoms with Gasteiger partial charge >= 0.3 is 0 Å². The van der Waals surface area contributed by atoms with Gasteiger partial charge in [-0.25, -0.2) is 8.42 Å². The molecular weight excluding hydrogens is 252 g/mol. The van der Waals surface area contributed by atoms with Crippen LogP contribution < -0.4 is 5.32 Å². The molecule has 0 bridgehead atoms. The number of amides is 1. The minimum Gasteiger partial charge on any atom is -0.355 e. The van der Waals surface area contributed by atoms with Gasteiger partial charge in [-0.05, 0) is 25.5 Å². The van der Waals surface area contributed by atoms with E-state index < -0.39 is 10.0 Å². The average molecular weight is 270 g/mol. The molecule has 0 aromatic heterocycles. The van der Waals surface area contributed by atoms with Gasteiger partial charge in [-0.3, -0.25) is 4.79 Å². The molecule has 0 aliphatic carbocycles. The van der Waals surface area contributed by atoms with E-state index in [1.54, 1.807) is 38.1 Å². The van der Waals surface area contributed by atoms with Crippen molar-refractivity contribution < 1.29 is 13.2 Å². The molecule has 6 heteroatoms. The first kappa shape index (κ1) is 14.7. The Bertz CT molecular complexity index is 526. The molecule has 0 fully saturated rings. The maximum Gasteiger partial charge on any atom is 0.243 e. The van der Waals surface area contributed by atoms with Crippen LogP contribution in [0.2, 0.25) is 0 Å². The Labute approximate surface area is 108 Å². The van der Waals surface area contributed by atoms with Crippen molar-refractivity contribution in [2.75, 3.05) is 20.1 Å². The third kappa shape index (κ3) is 3.30. The molecule has 1 N–H and O–H groups in total. The van der Waals surface area contributed by atoms with Gasteiger partial charge in [0.1, 0.15) is 0 Å². The molecule has 0 saturated carbocycles. The van der Waals surface area contributed by atoms with Crippen LogP contribution in [-0.4, -0.2) is 38.8 Å². The van der Waals surface area contributed by atoms with Crippen LogP contribution in [0.25, 0.3) is 0 Å². The quantitative estimate of drug-likeness (QED) is 0.858. The number of sulfonamides is 1. The molecule has 0 atom stereocenters. The lowest BCUT2D eigenvalue weighted by molar-refractivity contribution is -0.121. The summed E-state index contributed by atoms with van der Waals surface area (Å²) in [6.07, 6.45) is 0. The third-order valence-electron chi connectivity index (χ3n) is 2.52. The van der Waals surface area contributed by atoms with Gasteiger partial charge in [0, 0.05) is 13.6 Å². The van der Waals surface area contributed by atoms with Gasteiger partial charge in [-0.2, -0.15) is 4.31 Å². The van der Waals surface area contributed by atoms with E-state index in [1.807, 2.05) is 0 Å². The summed E-state index contributed by atoms with van der Waals surface area (Å²) in [6.45, 7) is 3.82. The molecule has 5 nitrogen and oxygen atoms in total. The number of carbonyl (C=O) groups is 1. The lowest BCUT2D eigenvalue weighted by Gasteiger charge is -2.17. The number of nitrogens with one attached hydrogen (secondary N) is 1. The van der Waals surface area contributed by atoms with Crippen molar-refractivity contribution in [3.05, 3.63) is 29.8 Å². The number of hydrogen-bond acceptors (Lipinski definition) is 3. The Hall–Kier alpha value is -1.40. The Morgan fingerprint density at radius 2 is 1.94 bits per heavy atom. The molecule has 0 heterocycles. The zero-order valence-corrected chi connectivity index (χ0v) is 11.6. The topological polar surface area (TPSA) is 66.5 Å². The monoisotopic (exact) mass is 270 g/mol. The first-order valence-electron chi connectivity index (χ1n) is 5.68. The molecule has 0 unspecified atom stereocenters. The van der Waals surface area contributed by atoms with Crippen LogP contribution in [0.3, 0.4) is 0 Å². The molecule has 1 aromatic carbocycles. The highest BCUT2D eigenvalue weighted by molar-refractivity contribution is 7.89. The molecule has 1 amide bonds. The van der Waals surface area contributed by atoms with E-state index in [9.17, 15) is 13.2 Å². The van der Waals surface area contributed by atoms with Crippen LogP contribution in [0.5, 0.6) is 0 Å². The van der Waals surface area contributed by atoms with Gasteiger partial charge in [0.2, 0.25) is 15.9 Å².